The van der Waals surface area contributed by atoms with Gasteiger partial charge in [0.1, 0.15) is 5.82 Å². The van der Waals surface area contributed by atoms with Crippen molar-refractivity contribution in [2.45, 2.75) is 0 Å². The Labute approximate surface area is 327 Å². The van der Waals surface area contributed by atoms with Crippen LogP contribution in [0.2, 0.25) is 0 Å². The van der Waals surface area contributed by atoms with Gasteiger partial charge >= 0.3 is 0 Å². The maximum absolute atomic E-state index is 15.2. The Morgan fingerprint density at radius 3 is 1.80 bits per heavy atom. The lowest BCUT2D eigenvalue weighted by atomic mass is 10.0. The van der Waals surface area contributed by atoms with Gasteiger partial charge in [0.2, 0.25) is 0 Å². The van der Waals surface area contributed by atoms with Crippen LogP contribution in [0.25, 0.3) is 80.7 Å². The van der Waals surface area contributed by atoms with Crippen LogP contribution in [-0.4, -0.2) is 4.57 Å². The molecule has 0 atom stereocenters. The molecule has 0 N–H and O–H groups in total. The highest BCUT2D eigenvalue weighted by Gasteiger charge is 2.18. The Morgan fingerprint density at radius 1 is 0.429 bits per heavy atom. The fourth-order valence-corrected chi connectivity index (χ4v) is 9.63. The second kappa shape index (κ2) is 13.1. The molecular weight excluding hydrogens is 704 g/mol. The van der Waals surface area contributed by atoms with Crippen LogP contribution in [0.1, 0.15) is 0 Å². The summed E-state index contributed by atoms with van der Waals surface area (Å²) in [5.41, 5.74) is 10.7. The molecule has 0 aliphatic rings. The summed E-state index contributed by atoms with van der Waals surface area (Å²) in [7, 11) is 0. The number of hydrogen-bond donors (Lipinski definition) is 0. The molecule has 4 heteroatoms. The fourth-order valence-electron chi connectivity index (χ4n) is 8.39. The molecule has 0 amide bonds. The van der Waals surface area contributed by atoms with Gasteiger partial charge in [-0.05, 0) is 112 Å². The van der Waals surface area contributed by atoms with E-state index in [2.05, 4.69) is 173 Å². The summed E-state index contributed by atoms with van der Waals surface area (Å²) >= 11 is 1.86. The second-order valence-corrected chi connectivity index (χ2v) is 15.3. The summed E-state index contributed by atoms with van der Waals surface area (Å²) in [4.78, 5) is 2.31. The van der Waals surface area contributed by atoms with Crippen LogP contribution >= 0.6 is 11.3 Å². The van der Waals surface area contributed by atoms with Crippen LogP contribution in [0, 0.1) is 5.82 Å². The molecule has 264 valence electrons. The van der Waals surface area contributed by atoms with Crippen LogP contribution in [-0.2, 0) is 0 Å². The number of anilines is 3. The molecule has 0 aliphatic carbocycles. The molecule has 9 aromatic carbocycles. The van der Waals surface area contributed by atoms with Crippen molar-refractivity contribution in [1.82, 2.24) is 4.57 Å². The normalized spacial score (nSPS) is 11.7. The van der Waals surface area contributed by atoms with Crippen molar-refractivity contribution in [3.05, 3.63) is 206 Å². The summed E-state index contributed by atoms with van der Waals surface area (Å²) in [5.74, 6) is -0.209. The van der Waals surface area contributed by atoms with E-state index in [0.29, 0.717) is 5.39 Å². The monoisotopic (exact) mass is 736 g/mol. The van der Waals surface area contributed by atoms with Gasteiger partial charge in [-0.15, -0.1) is 11.3 Å². The van der Waals surface area contributed by atoms with Gasteiger partial charge < -0.3 is 9.47 Å². The first-order chi connectivity index (χ1) is 27.7. The average molecular weight is 737 g/mol. The lowest BCUT2D eigenvalue weighted by molar-refractivity contribution is 0.640. The molecule has 2 heterocycles. The molecule has 0 saturated carbocycles. The van der Waals surface area contributed by atoms with Gasteiger partial charge in [-0.2, -0.15) is 0 Å². The Balaban J connectivity index is 1.01. The van der Waals surface area contributed by atoms with E-state index in [-0.39, 0.29) is 5.82 Å². The van der Waals surface area contributed by atoms with Crippen LogP contribution in [0.5, 0.6) is 0 Å². The molecule has 0 fully saturated rings. The molecule has 0 bridgehead atoms. The molecule has 0 spiro atoms. The maximum Gasteiger partial charge on any atom is 0.133 e. The molecule has 2 nitrogen and oxygen atoms in total. The summed E-state index contributed by atoms with van der Waals surface area (Å²) in [6.07, 6.45) is 0. The van der Waals surface area contributed by atoms with Crippen molar-refractivity contribution >= 4 is 81.1 Å². The number of aromatic nitrogens is 1. The van der Waals surface area contributed by atoms with Crippen LogP contribution in [0.15, 0.2) is 200 Å². The largest absolute Gasteiger partial charge is 0.311 e. The van der Waals surface area contributed by atoms with E-state index in [1.165, 1.54) is 53.2 Å². The fraction of sp³-hybridized carbons (Fsp3) is 0. The molecule has 56 heavy (non-hydrogen) atoms. The van der Waals surface area contributed by atoms with E-state index < -0.39 is 0 Å². The minimum atomic E-state index is -0.209. The highest BCUT2D eigenvalue weighted by atomic mass is 32.1. The number of hydrogen-bond acceptors (Lipinski definition) is 2. The number of fused-ring (bicyclic) bond motifs is 7. The third-order valence-electron chi connectivity index (χ3n) is 11.1. The lowest BCUT2D eigenvalue weighted by Crippen LogP contribution is -2.10. The van der Waals surface area contributed by atoms with Gasteiger partial charge in [-0.25, -0.2) is 4.39 Å². The standard InChI is InChI=1S/C52H33FN2S/c53-47-15-8-17-49-51(47)46-12-3-5-16-48(46)55(49)42-31-29-41(30-32-42)54(39-25-21-35(22-26-39)38-20-19-34-9-1-2-10-37(34)33-38)40-27-23-36(24-28-40)43-13-7-14-45-44-11-4-6-18-50(44)56-52(43)45/h1-33H. The summed E-state index contributed by atoms with van der Waals surface area (Å²) in [5, 5.41) is 6.62. The zero-order chi connectivity index (χ0) is 37.2. The summed E-state index contributed by atoms with van der Waals surface area (Å²) < 4.78 is 20.0. The summed E-state index contributed by atoms with van der Waals surface area (Å²) in [6.45, 7) is 0. The maximum atomic E-state index is 15.2. The minimum absolute atomic E-state index is 0.209. The topological polar surface area (TPSA) is 8.17 Å². The Hall–Kier alpha value is -7.01. The van der Waals surface area contributed by atoms with E-state index in [0.717, 1.165) is 39.2 Å². The quantitative estimate of drug-likeness (QED) is 0.165. The number of thiophene rings is 1. The smallest absolute Gasteiger partial charge is 0.133 e. The second-order valence-electron chi connectivity index (χ2n) is 14.3. The van der Waals surface area contributed by atoms with Crippen molar-refractivity contribution in [3.63, 3.8) is 0 Å². The Bertz CT molecular complexity index is 3250. The molecule has 0 unspecified atom stereocenters. The lowest BCUT2D eigenvalue weighted by Gasteiger charge is -2.26. The van der Waals surface area contributed by atoms with E-state index >= 15 is 4.39 Å². The number of halogens is 1. The predicted octanol–water partition coefficient (Wildman–Crippen LogP) is 15.2. The van der Waals surface area contributed by atoms with Crippen molar-refractivity contribution in [2.75, 3.05) is 4.90 Å². The number of rotatable bonds is 6. The van der Waals surface area contributed by atoms with Crippen LogP contribution < -0.4 is 4.90 Å². The summed E-state index contributed by atoms with van der Waals surface area (Å²) in [6, 6.07) is 70.2. The molecule has 0 aliphatic heterocycles. The van der Waals surface area contributed by atoms with Gasteiger partial charge in [0.15, 0.2) is 0 Å². The highest BCUT2D eigenvalue weighted by Crippen LogP contribution is 2.42. The van der Waals surface area contributed by atoms with Crippen molar-refractivity contribution < 1.29 is 4.39 Å². The van der Waals surface area contributed by atoms with Crippen molar-refractivity contribution in [1.29, 1.82) is 0 Å². The zero-order valence-electron chi connectivity index (χ0n) is 30.2. The van der Waals surface area contributed by atoms with Crippen molar-refractivity contribution in [3.8, 4) is 27.9 Å². The molecule has 11 rings (SSSR count). The van der Waals surface area contributed by atoms with Gasteiger partial charge in [0, 0.05) is 53.7 Å². The first-order valence-corrected chi connectivity index (χ1v) is 19.7. The SMILES string of the molecule is Fc1cccc2c1c1ccccc1n2-c1ccc(N(c2ccc(-c3ccc4ccccc4c3)cc2)c2ccc(-c3cccc4c3sc3ccccc34)cc2)cc1. The average Bonchev–Trinajstić information content (AvgIpc) is 3.81. The molecule has 11 aromatic rings. The van der Waals surface area contributed by atoms with Gasteiger partial charge in [-0.1, -0.05) is 121 Å². The third kappa shape index (κ3) is 5.30. The third-order valence-corrected chi connectivity index (χ3v) is 12.3. The van der Waals surface area contributed by atoms with E-state index in [9.17, 15) is 0 Å². The first-order valence-electron chi connectivity index (χ1n) is 18.9. The van der Waals surface area contributed by atoms with E-state index in [4.69, 9.17) is 0 Å². The van der Waals surface area contributed by atoms with E-state index in [1.54, 1.807) is 12.1 Å². The van der Waals surface area contributed by atoms with Crippen molar-refractivity contribution in [2.24, 2.45) is 0 Å². The molecule has 0 saturated heterocycles. The highest BCUT2D eigenvalue weighted by molar-refractivity contribution is 7.26. The Morgan fingerprint density at radius 2 is 1.02 bits per heavy atom. The molecular formula is C52H33FN2S. The van der Waals surface area contributed by atoms with Crippen LogP contribution in [0.4, 0.5) is 21.5 Å². The molecule has 2 aromatic heterocycles. The molecule has 0 radical (unpaired) electrons. The number of nitrogens with zero attached hydrogens (tertiary/aromatic N) is 2. The van der Waals surface area contributed by atoms with Crippen LogP contribution in [0.3, 0.4) is 0 Å². The Kier molecular flexibility index (Phi) is 7.58. The zero-order valence-corrected chi connectivity index (χ0v) is 31.0. The minimum Gasteiger partial charge on any atom is -0.311 e. The number of para-hydroxylation sites is 1. The van der Waals surface area contributed by atoms with Gasteiger partial charge in [0.25, 0.3) is 0 Å². The predicted molar refractivity (Wildman–Crippen MR) is 237 cm³/mol. The van der Waals surface area contributed by atoms with E-state index in [1.807, 2.05) is 35.6 Å². The first kappa shape index (κ1) is 32.4. The number of benzene rings is 9. The van der Waals surface area contributed by atoms with Gasteiger partial charge in [-0.3, -0.25) is 0 Å². The van der Waals surface area contributed by atoms with Gasteiger partial charge in [0.05, 0.1) is 11.0 Å².